The lowest BCUT2D eigenvalue weighted by Gasteiger charge is -2.18. The van der Waals surface area contributed by atoms with Gasteiger partial charge in [0.25, 0.3) is 0 Å². The van der Waals surface area contributed by atoms with Crippen molar-refractivity contribution in [2.45, 2.75) is 44.9 Å². The van der Waals surface area contributed by atoms with Crippen molar-refractivity contribution in [3.05, 3.63) is 34.8 Å². The summed E-state index contributed by atoms with van der Waals surface area (Å²) in [5.41, 5.74) is 0.852. The fraction of sp³-hybridized carbons (Fsp3) is 0.450. The second kappa shape index (κ2) is 9.50. The first kappa shape index (κ1) is 19.4. The number of methoxy groups -OCH3 is 1. The van der Waals surface area contributed by atoms with Gasteiger partial charge in [0.1, 0.15) is 5.01 Å². The van der Waals surface area contributed by atoms with E-state index in [1.807, 2.05) is 25.1 Å². The van der Waals surface area contributed by atoms with Gasteiger partial charge in [-0.3, -0.25) is 10.1 Å². The van der Waals surface area contributed by atoms with Crippen LogP contribution in [0.15, 0.2) is 24.3 Å². The Morgan fingerprint density at radius 1 is 1.26 bits per heavy atom. The Labute approximate surface area is 163 Å². The van der Waals surface area contributed by atoms with Crippen LogP contribution in [0, 0.1) is 0 Å². The van der Waals surface area contributed by atoms with E-state index in [2.05, 4.69) is 15.5 Å². The van der Waals surface area contributed by atoms with Gasteiger partial charge in [0.15, 0.2) is 11.5 Å². The van der Waals surface area contributed by atoms with Crippen molar-refractivity contribution >= 4 is 28.5 Å². The van der Waals surface area contributed by atoms with Crippen LogP contribution in [0.2, 0.25) is 0 Å². The van der Waals surface area contributed by atoms with Crippen LogP contribution in [0.25, 0.3) is 6.08 Å². The third-order valence-corrected chi connectivity index (χ3v) is 5.54. The van der Waals surface area contributed by atoms with Gasteiger partial charge in [-0.05, 0) is 43.5 Å². The van der Waals surface area contributed by atoms with Crippen molar-refractivity contribution in [3.8, 4) is 11.5 Å². The molecule has 3 rings (SSSR count). The van der Waals surface area contributed by atoms with Gasteiger partial charge in [-0.1, -0.05) is 36.7 Å². The number of carbonyl (C=O) groups excluding carboxylic acids is 1. The molecule has 1 aliphatic carbocycles. The summed E-state index contributed by atoms with van der Waals surface area (Å²) in [6.45, 7) is 2.49. The maximum absolute atomic E-state index is 12.2. The van der Waals surface area contributed by atoms with Gasteiger partial charge in [-0.15, -0.1) is 10.2 Å². The molecular weight excluding hydrogens is 362 g/mol. The molecule has 1 aliphatic rings. The Balaban J connectivity index is 1.59. The van der Waals surface area contributed by atoms with Crippen molar-refractivity contribution in [3.63, 3.8) is 0 Å². The second-order valence-corrected chi connectivity index (χ2v) is 7.46. The Bertz CT molecular complexity index is 798. The number of amides is 1. The number of nitrogens with one attached hydrogen (secondary N) is 1. The first-order valence-electron chi connectivity index (χ1n) is 9.33. The molecule has 1 aromatic heterocycles. The number of anilines is 1. The highest BCUT2D eigenvalue weighted by Crippen LogP contribution is 2.35. The minimum Gasteiger partial charge on any atom is -0.493 e. The molecule has 27 heavy (non-hydrogen) atoms. The van der Waals surface area contributed by atoms with Gasteiger partial charge < -0.3 is 9.47 Å². The van der Waals surface area contributed by atoms with Crippen LogP contribution in [0.1, 0.15) is 55.5 Å². The highest BCUT2D eigenvalue weighted by atomic mass is 32.1. The van der Waals surface area contributed by atoms with E-state index in [1.165, 1.54) is 49.5 Å². The third-order valence-electron chi connectivity index (χ3n) is 4.54. The largest absolute Gasteiger partial charge is 0.493 e. The molecule has 1 aromatic carbocycles. The molecule has 0 aliphatic heterocycles. The smallest absolute Gasteiger partial charge is 0.250 e. The SMILES string of the molecule is CCOc1ccc(C=CC(=O)Nc2nnc(C3CCCCC3)s2)cc1OC. The third kappa shape index (κ3) is 5.29. The van der Waals surface area contributed by atoms with Crippen LogP contribution >= 0.6 is 11.3 Å². The van der Waals surface area contributed by atoms with Gasteiger partial charge in [0.2, 0.25) is 11.0 Å². The van der Waals surface area contributed by atoms with Gasteiger partial charge in [0.05, 0.1) is 13.7 Å². The standard InChI is InChI=1S/C20H25N3O3S/c1-3-26-16-11-9-14(13-17(16)25-2)10-12-18(24)21-20-23-22-19(27-20)15-7-5-4-6-8-15/h9-13,15H,3-8H2,1-2H3,(H,21,23,24). The van der Waals surface area contributed by atoms with Gasteiger partial charge in [-0.2, -0.15) is 0 Å². The summed E-state index contributed by atoms with van der Waals surface area (Å²) in [7, 11) is 1.59. The number of aromatic nitrogens is 2. The summed E-state index contributed by atoms with van der Waals surface area (Å²) in [4.78, 5) is 12.2. The van der Waals surface area contributed by atoms with E-state index in [4.69, 9.17) is 9.47 Å². The zero-order valence-electron chi connectivity index (χ0n) is 15.7. The molecule has 0 atom stereocenters. The summed E-state index contributed by atoms with van der Waals surface area (Å²) in [6, 6.07) is 5.55. The monoisotopic (exact) mass is 387 g/mol. The predicted molar refractivity (Wildman–Crippen MR) is 108 cm³/mol. The van der Waals surface area contributed by atoms with E-state index in [1.54, 1.807) is 13.2 Å². The zero-order chi connectivity index (χ0) is 19.1. The minimum atomic E-state index is -0.228. The van der Waals surface area contributed by atoms with Crippen LogP contribution in [-0.4, -0.2) is 29.8 Å². The molecule has 0 radical (unpaired) electrons. The minimum absolute atomic E-state index is 0.228. The summed E-state index contributed by atoms with van der Waals surface area (Å²) < 4.78 is 10.8. The van der Waals surface area contributed by atoms with Crippen molar-refractivity contribution in [2.24, 2.45) is 0 Å². The zero-order valence-corrected chi connectivity index (χ0v) is 16.6. The van der Waals surface area contributed by atoms with E-state index in [-0.39, 0.29) is 5.91 Å². The Hall–Kier alpha value is -2.41. The first-order valence-corrected chi connectivity index (χ1v) is 10.1. The lowest BCUT2D eigenvalue weighted by molar-refractivity contribution is -0.111. The average molecular weight is 388 g/mol. The molecule has 0 spiro atoms. The Kier molecular flexibility index (Phi) is 6.81. The van der Waals surface area contributed by atoms with Gasteiger partial charge in [0, 0.05) is 12.0 Å². The molecule has 0 unspecified atom stereocenters. The van der Waals surface area contributed by atoms with Crippen molar-refractivity contribution in [2.75, 3.05) is 19.0 Å². The summed E-state index contributed by atoms with van der Waals surface area (Å²) in [5.74, 6) is 1.59. The Morgan fingerprint density at radius 2 is 2.07 bits per heavy atom. The van der Waals surface area contributed by atoms with Crippen LogP contribution < -0.4 is 14.8 Å². The van der Waals surface area contributed by atoms with Crippen molar-refractivity contribution in [1.29, 1.82) is 0 Å². The molecule has 6 nitrogen and oxygen atoms in total. The molecule has 1 amide bonds. The number of rotatable bonds is 7. The van der Waals surface area contributed by atoms with Gasteiger partial charge >= 0.3 is 0 Å². The molecule has 144 valence electrons. The van der Waals surface area contributed by atoms with Gasteiger partial charge in [-0.25, -0.2) is 0 Å². The van der Waals surface area contributed by atoms with Crippen LogP contribution in [0.5, 0.6) is 11.5 Å². The fourth-order valence-corrected chi connectivity index (χ4v) is 4.10. The van der Waals surface area contributed by atoms with E-state index in [0.29, 0.717) is 29.2 Å². The lowest BCUT2D eigenvalue weighted by atomic mass is 9.90. The highest BCUT2D eigenvalue weighted by molar-refractivity contribution is 7.15. The van der Waals surface area contributed by atoms with E-state index in [9.17, 15) is 4.79 Å². The van der Waals surface area contributed by atoms with Crippen molar-refractivity contribution < 1.29 is 14.3 Å². The fourth-order valence-electron chi connectivity index (χ4n) is 3.18. The lowest BCUT2D eigenvalue weighted by Crippen LogP contribution is -2.07. The van der Waals surface area contributed by atoms with Crippen molar-refractivity contribution in [1.82, 2.24) is 10.2 Å². The number of hydrogen-bond acceptors (Lipinski definition) is 6. The van der Waals surface area contributed by atoms with Crippen LogP contribution in [-0.2, 0) is 4.79 Å². The summed E-state index contributed by atoms with van der Waals surface area (Å²) in [6.07, 6.45) is 9.36. The molecule has 0 bridgehead atoms. The maximum Gasteiger partial charge on any atom is 0.250 e. The number of ether oxygens (including phenoxy) is 2. The second-order valence-electron chi connectivity index (χ2n) is 6.45. The van der Waals surface area contributed by atoms with E-state index >= 15 is 0 Å². The molecule has 1 heterocycles. The molecule has 2 aromatic rings. The molecule has 7 heteroatoms. The molecule has 1 fully saturated rings. The number of benzene rings is 1. The quantitative estimate of drug-likeness (QED) is 0.700. The average Bonchev–Trinajstić information content (AvgIpc) is 3.16. The number of nitrogens with zero attached hydrogens (tertiary/aromatic N) is 2. The maximum atomic E-state index is 12.2. The van der Waals surface area contributed by atoms with Crippen LogP contribution in [0.3, 0.4) is 0 Å². The predicted octanol–water partition coefficient (Wildman–Crippen LogP) is 4.65. The highest BCUT2D eigenvalue weighted by Gasteiger charge is 2.19. The number of hydrogen-bond donors (Lipinski definition) is 1. The molecule has 1 saturated carbocycles. The molecule has 1 N–H and O–H groups in total. The van der Waals surface area contributed by atoms with E-state index in [0.717, 1.165) is 10.6 Å². The Morgan fingerprint density at radius 3 is 2.81 bits per heavy atom. The van der Waals surface area contributed by atoms with E-state index < -0.39 is 0 Å². The topological polar surface area (TPSA) is 73.3 Å². The summed E-state index contributed by atoms with van der Waals surface area (Å²) >= 11 is 1.48. The molecule has 0 saturated heterocycles. The molecular formula is C20H25N3O3S. The van der Waals surface area contributed by atoms with Crippen LogP contribution in [0.4, 0.5) is 5.13 Å². The summed E-state index contributed by atoms with van der Waals surface area (Å²) in [5, 5.41) is 12.8. The normalized spacial score (nSPS) is 15.0. The first-order chi connectivity index (χ1) is 13.2. The number of carbonyl (C=O) groups is 1.